The van der Waals surface area contributed by atoms with Crippen molar-refractivity contribution in [3.8, 4) is 11.8 Å². The molecule has 0 radical (unpaired) electrons. The molecule has 1 aromatic carbocycles. The molecule has 4 heteroatoms. The maximum absolute atomic E-state index is 13.4. The second-order valence-electron chi connectivity index (χ2n) is 2.83. The average Bonchev–Trinajstić information content (AvgIpc) is 2.27. The Kier molecular flexibility index (Phi) is 3.43. The third-order valence-electron chi connectivity index (χ3n) is 1.90. The van der Waals surface area contributed by atoms with Gasteiger partial charge in [-0.05, 0) is 17.7 Å². The number of rotatable bonds is 3. The Morgan fingerprint density at radius 2 is 2.00 bits per heavy atom. The molecule has 0 saturated heterocycles. The molecular formula is C10H11FN2O. The maximum atomic E-state index is 13.4. The number of methoxy groups -OCH3 is 1. The number of alkyl halides is 1. The first-order valence-corrected chi connectivity index (χ1v) is 4.12. The predicted molar refractivity (Wildman–Crippen MR) is 50.4 cm³/mol. The second kappa shape index (κ2) is 4.58. The van der Waals surface area contributed by atoms with Crippen LogP contribution in [0, 0.1) is 11.3 Å². The van der Waals surface area contributed by atoms with Crippen molar-refractivity contribution in [3.05, 3.63) is 29.8 Å². The quantitative estimate of drug-likeness (QED) is 0.794. The van der Waals surface area contributed by atoms with Crippen molar-refractivity contribution in [2.75, 3.05) is 7.11 Å². The monoisotopic (exact) mass is 194 g/mol. The van der Waals surface area contributed by atoms with Gasteiger partial charge in [-0.25, -0.2) is 4.39 Å². The molecule has 0 aliphatic heterocycles. The molecule has 0 aliphatic carbocycles. The van der Waals surface area contributed by atoms with Crippen LogP contribution in [0.4, 0.5) is 4.39 Å². The maximum Gasteiger partial charge on any atom is 0.153 e. The normalized spacial score (nSPS) is 14.1. The molecule has 0 saturated carbocycles. The number of hydrogen-bond acceptors (Lipinski definition) is 3. The Bertz CT molecular complexity index is 331. The van der Waals surface area contributed by atoms with E-state index in [2.05, 4.69) is 0 Å². The number of ether oxygens (including phenoxy) is 1. The summed E-state index contributed by atoms with van der Waals surface area (Å²) in [4.78, 5) is 0. The lowest BCUT2D eigenvalue weighted by Gasteiger charge is -2.10. The van der Waals surface area contributed by atoms with Crippen LogP contribution in [0.25, 0.3) is 0 Å². The Hall–Kier alpha value is -1.60. The summed E-state index contributed by atoms with van der Waals surface area (Å²) in [6.45, 7) is 0. The second-order valence-corrected chi connectivity index (χ2v) is 2.83. The van der Waals surface area contributed by atoms with Gasteiger partial charge in [-0.1, -0.05) is 12.1 Å². The number of nitrogens with zero attached hydrogens (tertiary/aromatic N) is 1. The van der Waals surface area contributed by atoms with Gasteiger partial charge in [-0.2, -0.15) is 5.26 Å². The molecule has 0 bridgehead atoms. The first-order valence-electron chi connectivity index (χ1n) is 4.12. The van der Waals surface area contributed by atoms with Crippen LogP contribution >= 0.6 is 0 Å². The summed E-state index contributed by atoms with van der Waals surface area (Å²) in [6.07, 6.45) is -1.45. The van der Waals surface area contributed by atoms with E-state index in [-0.39, 0.29) is 0 Å². The molecule has 3 nitrogen and oxygen atoms in total. The fourth-order valence-corrected chi connectivity index (χ4v) is 1.06. The van der Waals surface area contributed by atoms with Crippen molar-refractivity contribution >= 4 is 0 Å². The summed E-state index contributed by atoms with van der Waals surface area (Å²) in [7, 11) is 1.53. The fourth-order valence-electron chi connectivity index (χ4n) is 1.06. The fraction of sp³-hybridized carbons (Fsp3) is 0.300. The van der Waals surface area contributed by atoms with Crippen LogP contribution in [0.5, 0.6) is 5.75 Å². The van der Waals surface area contributed by atoms with Gasteiger partial charge in [0.05, 0.1) is 13.2 Å². The summed E-state index contributed by atoms with van der Waals surface area (Å²) in [5.41, 5.74) is 5.64. The Morgan fingerprint density at radius 3 is 2.43 bits per heavy atom. The highest BCUT2D eigenvalue weighted by Gasteiger charge is 2.17. The molecule has 2 atom stereocenters. The van der Waals surface area contributed by atoms with Gasteiger partial charge in [-0.15, -0.1) is 0 Å². The van der Waals surface area contributed by atoms with E-state index in [4.69, 9.17) is 15.7 Å². The topological polar surface area (TPSA) is 59.0 Å². The summed E-state index contributed by atoms with van der Waals surface area (Å²) in [6, 6.07) is 6.92. The Morgan fingerprint density at radius 1 is 1.43 bits per heavy atom. The number of benzene rings is 1. The third-order valence-corrected chi connectivity index (χ3v) is 1.90. The third kappa shape index (κ3) is 2.21. The Balaban J connectivity index is 2.82. The van der Waals surface area contributed by atoms with Crippen LogP contribution in [0.3, 0.4) is 0 Å². The van der Waals surface area contributed by atoms with E-state index < -0.39 is 12.2 Å². The van der Waals surface area contributed by atoms with E-state index in [1.54, 1.807) is 30.3 Å². The largest absolute Gasteiger partial charge is 0.497 e. The molecule has 0 fully saturated rings. The van der Waals surface area contributed by atoms with Gasteiger partial charge >= 0.3 is 0 Å². The molecule has 0 aromatic heterocycles. The van der Waals surface area contributed by atoms with Crippen molar-refractivity contribution in [2.45, 2.75) is 12.2 Å². The van der Waals surface area contributed by atoms with E-state index >= 15 is 0 Å². The average molecular weight is 194 g/mol. The molecule has 0 amide bonds. The van der Waals surface area contributed by atoms with Crippen LogP contribution in [0.1, 0.15) is 11.7 Å². The predicted octanol–water partition coefficient (Wildman–Crippen LogP) is 1.56. The SMILES string of the molecule is COc1ccc(C(F)C(N)C#N)cc1. The first-order chi connectivity index (χ1) is 6.69. The zero-order valence-electron chi connectivity index (χ0n) is 7.77. The van der Waals surface area contributed by atoms with Gasteiger partial charge in [0.25, 0.3) is 0 Å². The van der Waals surface area contributed by atoms with Crippen LogP contribution < -0.4 is 10.5 Å². The van der Waals surface area contributed by atoms with E-state index in [1.807, 2.05) is 0 Å². The summed E-state index contributed by atoms with van der Waals surface area (Å²) in [5.74, 6) is 0.645. The van der Waals surface area contributed by atoms with E-state index in [9.17, 15) is 4.39 Å². The molecular weight excluding hydrogens is 183 g/mol. The lowest BCUT2D eigenvalue weighted by atomic mass is 10.1. The van der Waals surface area contributed by atoms with E-state index in [0.29, 0.717) is 11.3 Å². The summed E-state index contributed by atoms with van der Waals surface area (Å²) < 4.78 is 18.3. The number of halogens is 1. The molecule has 2 unspecified atom stereocenters. The zero-order chi connectivity index (χ0) is 10.6. The molecule has 2 N–H and O–H groups in total. The number of nitrogens with two attached hydrogens (primary N) is 1. The molecule has 0 spiro atoms. The van der Waals surface area contributed by atoms with E-state index in [0.717, 1.165) is 0 Å². The Labute approximate surface area is 81.9 Å². The minimum Gasteiger partial charge on any atom is -0.497 e. The minimum atomic E-state index is -1.45. The molecule has 74 valence electrons. The smallest absolute Gasteiger partial charge is 0.153 e. The van der Waals surface area contributed by atoms with Crippen molar-refractivity contribution < 1.29 is 9.13 Å². The molecule has 0 aliphatic rings. The van der Waals surface area contributed by atoms with E-state index in [1.165, 1.54) is 7.11 Å². The van der Waals surface area contributed by atoms with Crippen LogP contribution in [0.2, 0.25) is 0 Å². The van der Waals surface area contributed by atoms with Crippen molar-refractivity contribution in [1.82, 2.24) is 0 Å². The van der Waals surface area contributed by atoms with Gasteiger partial charge in [0.2, 0.25) is 0 Å². The highest BCUT2D eigenvalue weighted by Crippen LogP contribution is 2.22. The van der Waals surface area contributed by atoms with Crippen molar-refractivity contribution in [1.29, 1.82) is 5.26 Å². The standard InChI is InChI=1S/C10H11FN2O/c1-14-8-4-2-7(3-5-8)10(11)9(13)6-12/h2-5,9-10H,13H2,1H3. The van der Waals surface area contributed by atoms with Crippen molar-refractivity contribution in [3.63, 3.8) is 0 Å². The zero-order valence-corrected chi connectivity index (χ0v) is 7.77. The number of hydrogen-bond donors (Lipinski definition) is 1. The van der Waals surface area contributed by atoms with Crippen molar-refractivity contribution in [2.24, 2.45) is 5.73 Å². The lowest BCUT2D eigenvalue weighted by Crippen LogP contribution is -2.23. The highest BCUT2D eigenvalue weighted by molar-refractivity contribution is 5.29. The van der Waals surface area contributed by atoms with Crippen LogP contribution in [-0.4, -0.2) is 13.2 Å². The number of nitriles is 1. The lowest BCUT2D eigenvalue weighted by molar-refractivity contribution is 0.319. The first kappa shape index (κ1) is 10.5. The minimum absolute atomic E-state index is 0.389. The molecule has 1 rings (SSSR count). The van der Waals surface area contributed by atoms with Gasteiger partial charge in [0, 0.05) is 0 Å². The van der Waals surface area contributed by atoms with Crippen LogP contribution in [-0.2, 0) is 0 Å². The van der Waals surface area contributed by atoms with Gasteiger partial charge < -0.3 is 10.5 Å². The van der Waals surface area contributed by atoms with Crippen LogP contribution in [0.15, 0.2) is 24.3 Å². The highest BCUT2D eigenvalue weighted by atomic mass is 19.1. The molecule has 14 heavy (non-hydrogen) atoms. The van der Waals surface area contributed by atoms with Gasteiger partial charge in [0.15, 0.2) is 6.17 Å². The molecule has 0 heterocycles. The summed E-state index contributed by atoms with van der Waals surface area (Å²) >= 11 is 0. The van der Waals surface area contributed by atoms with Gasteiger partial charge in [0.1, 0.15) is 11.8 Å². The summed E-state index contributed by atoms with van der Waals surface area (Å²) in [5, 5.41) is 8.43. The van der Waals surface area contributed by atoms with Gasteiger partial charge in [-0.3, -0.25) is 0 Å². The molecule has 1 aromatic rings.